The Bertz CT molecular complexity index is 1230. The maximum atomic E-state index is 13.6. The van der Waals surface area contributed by atoms with Crippen molar-refractivity contribution in [1.29, 1.82) is 0 Å². The summed E-state index contributed by atoms with van der Waals surface area (Å²) in [5.74, 6) is 0.320. The molecule has 3 aromatic rings. The molecule has 1 amide bonds. The second kappa shape index (κ2) is 11.8. The lowest BCUT2D eigenvalue weighted by Crippen LogP contribution is -2.38. The zero-order valence-electron chi connectivity index (χ0n) is 21.2. The number of carbonyl (C=O) groups excluding carboxylic acids is 1. The van der Waals surface area contributed by atoms with Crippen molar-refractivity contribution in [2.24, 2.45) is 11.8 Å². The number of carbonyl (C=O) groups is 1. The Morgan fingerprint density at radius 3 is 2.00 bits per heavy atom. The molecule has 3 aromatic carbocycles. The monoisotopic (exact) mass is 504 g/mol. The number of benzene rings is 3. The Morgan fingerprint density at radius 2 is 1.39 bits per heavy atom. The first kappa shape index (κ1) is 26.1. The van der Waals surface area contributed by atoms with Gasteiger partial charge in [0, 0.05) is 25.6 Å². The van der Waals surface area contributed by atoms with Crippen LogP contribution >= 0.6 is 0 Å². The topological polar surface area (TPSA) is 66.5 Å². The van der Waals surface area contributed by atoms with E-state index in [9.17, 15) is 13.2 Å². The molecule has 1 N–H and O–H groups in total. The molecule has 0 aromatic heterocycles. The standard InChI is InChI=1S/C30H36N2O3S/c1-23-8-12-25(13-9-23)20-31-30(33)28-16-14-27(15-17-28)22-32(21-26-6-4-3-5-7-26)36(34,35)29-18-10-24(2)11-19-29/h3-13,18-19,27-28H,14-17,20-22H2,1-2H3,(H,31,33). The average Bonchev–Trinajstić information content (AvgIpc) is 2.89. The van der Waals surface area contributed by atoms with Gasteiger partial charge in [0.2, 0.25) is 15.9 Å². The average molecular weight is 505 g/mol. The van der Waals surface area contributed by atoms with Crippen LogP contribution < -0.4 is 5.32 Å². The second-order valence-electron chi connectivity index (χ2n) is 10.0. The van der Waals surface area contributed by atoms with Crippen LogP contribution in [0, 0.1) is 25.7 Å². The summed E-state index contributed by atoms with van der Waals surface area (Å²) in [5.41, 5.74) is 4.30. The van der Waals surface area contributed by atoms with Crippen molar-refractivity contribution in [1.82, 2.24) is 9.62 Å². The third kappa shape index (κ3) is 6.83. The number of nitrogens with one attached hydrogen (secondary N) is 1. The molecule has 0 spiro atoms. The quantitative estimate of drug-likeness (QED) is 0.411. The maximum Gasteiger partial charge on any atom is 0.243 e. The van der Waals surface area contributed by atoms with E-state index in [0.717, 1.165) is 42.4 Å². The third-order valence-electron chi connectivity index (χ3n) is 7.13. The summed E-state index contributed by atoms with van der Waals surface area (Å²) in [6.07, 6.45) is 3.26. The highest BCUT2D eigenvalue weighted by Crippen LogP contribution is 2.31. The van der Waals surface area contributed by atoms with Gasteiger partial charge in [-0.1, -0.05) is 77.9 Å². The van der Waals surface area contributed by atoms with Gasteiger partial charge in [-0.15, -0.1) is 0 Å². The molecule has 0 saturated heterocycles. The molecular weight excluding hydrogens is 468 g/mol. The smallest absolute Gasteiger partial charge is 0.243 e. The van der Waals surface area contributed by atoms with Crippen LogP contribution in [0.1, 0.15) is 47.9 Å². The van der Waals surface area contributed by atoms with Gasteiger partial charge in [-0.2, -0.15) is 4.31 Å². The van der Waals surface area contributed by atoms with Crippen LogP contribution in [-0.2, 0) is 27.9 Å². The zero-order valence-corrected chi connectivity index (χ0v) is 22.0. The van der Waals surface area contributed by atoms with Gasteiger partial charge in [0.05, 0.1) is 4.90 Å². The fourth-order valence-electron chi connectivity index (χ4n) is 4.83. The number of rotatable bonds is 9. The summed E-state index contributed by atoms with van der Waals surface area (Å²) in [6.45, 7) is 5.34. The van der Waals surface area contributed by atoms with Crippen LogP contribution in [0.25, 0.3) is 0 Å². The van der Waals surface area contributed by atoms with Gasteiger partial charge in [-0.3, -0.25) is 4.79 Å². The Kier molecular flexibility index (Phi) is 8.60. The second-order valence-corrected chi connectivity index (χ2v) is 12.0. The maximum absolute atomic E-state index is 13.6. The molecule has 1 aliphatic rings. The van der Waals surface area contributed by atoms with Crippen LogP contribution in [0.5, 0.6) is 0 Å². The third-order valence-corrected chi connectivity index (χ3v) is 8.95. The van der Waals surface area contributed by atoms with Gasteiger partial charge in [0.1, 0.15) is 0 Å². The molecule has 4 rings (SSSR count). The van der Waals surface area contributed by atoms with Gasteiger partial charge in [-0.05, 0) is 68.7 Å². The van der Waals surface area contributed by atoms with Crippen molar-refractivity contribution in [2.75, 3.05) is 6.54 Å². The lowest BCUT2D eigenvalue weighted by Gasteiger charge is -2.32. The van der Waals surface area contributed by atoms with Crippen molar-refractivity contribution in [3.05, 3.63) is 101 Å². The number of amides is 1. The molecule has 1 saturated carbocycles. The number of nitrogens with zero attached hydrogens (tertiary/aromatic N) is 1. The summed E-state index contributed by atoms with van der Waals surface area (Å²) in [7, 11) is -3.63. The van der Waals surface area contributed by atoms with Crippen molar-refractivity contribution in [3.63, 3.8) is 0 Å². The van der Waals surface area contributed by atoms with Crippen LogP contribution in [-0.4, -0.2) is 25.2 Å². The highest BCUT2D eigenvalue weighted by atomic mass is 32.2. The van der Waals surface area contributed by atoms with E-state index in [1.807, 2.05) is 68.4 Å². The first-order chi connectivity index (χ1) is 17.3. The minimum atomic E-state index is -3.63. The highest BCUT2D eigenvalue weighted by molar-refractivity contribution is 7.89. The molecule has 0 unspecified atom stereocenters. The van der Waals surface area contributed by atoms with Crippen molar-refractivity contribution >= 4 is 15.9 Å². The molecule has 190 valence electrons. The summed E-state index contributed by atoms with van der Waals surface area (Å²) in [4.78, 5) is 13.1. The molecule has 0 heterocycles. The normalized spacial score (nSPS) is 18.2. The summed E-state index contributed by atoms with van der Waals surface area (Å²) in [5, 5.41) is 3.08. The lowest BCUT2D eigenvalue weighted by atomic mass is 9.81. The molecule has 1 aliphatic carbocycles. The first-order valence-electron chi connectivity index (χ1n) is 12.8. The molecule has 0 aliphatic heterocycles. The van der Waals surface area contributed by atoms with Crippen molar-refractivity contribution in [2.45, 2.75) is 57.5 Å². The molecule has 1 fully saturated rings. The van der Waals surface area contributed by atoms with Gasteiger partial charge in [-0.25, -0.2) is 8.42 Å². The molecule has 5 nitrogen and oxygen atoms in total. The van der Waals surface area contributed by atoms with E-state index in [0.29, 0.717) is 24.5 Å². The number of aryl methyl sites for hydroxylation is 2. The van der Waals surface area contributed by atoms with Gasteiger partial charge in [0.15, 0.2) is 0 Å². The Balaban J connectivity index is 1.38. The van der Waals surface area contributed by atoms with Crippen LogP contribution in [0.15, 0.2) is 83.8 Å². The first-order valence-corrected chi connectivity index (χ1v) is 14.2. The summed E-state index contributed by atoms with van der Waals surface area (Å²) >= 11 is 0. The number of hydrogen-bond acceptors (Lipinski definition) is 3. The van der Waals surface area contributed by atoms with E-state index in [1.54, 1.807) is 16.4 Å². The van der Waals surface area contributed by atoms with E-state index < -0.39 is 10.0 Å². The largest absolute Gasteiger partial charge is 0.352 e. The summed E-state index contributed by atoms with van der Waals surface area (Å²) in [6, 6.07) is 25.0. The zero-order chi connectivity index (χ0) is 25.5. The van der Waals surface area contributed by atoms with Crippen LogP contribution in [0.4, 0.5) is 0 Å². The predicted octanol–water partition coefficient (Wildman–Crippen LogP) is 5.62. The van der Waals surface area contributed by atoms with E-state index >= 15 is 0 Å². The van der Waals surface area contributed by atoms with Crippen molar-refractivity contribution < 1.29 is 13.2 Å². The van der Waals surface area contributed by atoms with E-state index in [1.165, 1.54) is 5.56 Å². The molecule has 6 heteroatoms. The Morgan fingerprint density at radius 1 is 0.806 bits per heavy atom. The minimum absolute atomic E-state index is 0.0111. The molecule has 0 radical (unpaired) electrons. The lowest BCUT2D eigenvalue weighted by molar-refractivity contribution is -0.126. The SMILES string of the molecule is Cc1ccc(CNC(=O)C2CCC(CN(Cc3ccccc3)S(=O)(=O)c3ccc(C)cc3)CC2)cc1. The predicted molar refractivity (Wildman–Crippen MR) is 144 cm³/mol. The fraction of sp³-hybridized carbons (Fsp3) is 0.367. The van der Waals surface area contributed by atoms with Crippen LogP contribution in [0.3, 0.4) is 0 Å². The van der Waals surface area contributed by atoms with Gasteiger partial charge < -0.3 is 5.32 Å². The number of sulfonamides is 1. The Labute approximate surface area is 215 Å². The molecule has 36 heavy (non-hydrogen) atoms. The van der Waals surface area contributed by atoms with Gasteiger partial charge >= 0.3 is 0 Å². The Hall–Kier alpha value is -2.96. The molecule has 0 atom stereocenters. The van der Waals surface area contributed by atoms with E-state index in [-0.39, 0.29) is 17.7 Å². The summed E-state index contributed by atoms with van der Waals surface area (Å²) < 4.78 is 28.8. The molecule has 0 bridgehead atoms. The minimum Gasteiger partial charge on any atom is -0.352 e. The molecular formula is C30H36N2O3S. The van der Waals surface area contributed by atoms with Crippen molar-refractivity contribution in [3.8, 4) is 0 Å². The number of hydrogen-bond donors (Lipinski definition) is 1. The fourth-order valence-corrected chi connectivity index (χ4v) is 6.33. The highest BCUT2D eigenvalue weighted by Gasteiger charge is 2.31. The van der Waals surface area contributed by atoms with Crippen LogP contribution in [0.2, 0.25) is 0 Å². The van der Waals surface area contributed by atoms with E-state index in [4.69, 9.17) is 0 Å². The van der Waals surface area contributed by atoms with Gasteiger partial charge in [0.25, 0.3) is 0 Å². The van der Waals surface area contributed by atoms with E-state index in [2.05, 4.69) is 17.4 Å².